The number of carbonyl (C=O) groups is 2. The van der Waals surface area contributed by atoms with Crippen LogP contribution >= 0.6 is 12.4 Å². The molecular weight excluding hydrogens is 350 g/mol. The molecular formula is C20H30ClN3O2. The Morgan fingerprint density at radius 2 is 1.92 bits per heavy atom. The van der Waals surface area contributed by atoms with Gasteiger partial charge in [0.05, 0.1) is 0 Å². The van der Waals surface area contributed by atoms with Gasteiger partial charge in [0.1, 0.15) is 5.92 Å². The van der Waals surface area contributed by atoms with Crippen molar-refractivity contribution < 1.29 is 9.59 Å². The SMILES string of the molecule is CC(C)c1ccc(N2CCC(C(=O)N3CC(CN)CC3C)C2=O)cc1.Cl. The molecule has 3 rings (SSSR count). The van der Waals surface area contributed by atoms with Crippen molar-refractivity contribution in [1.29, 1.82) is 0 Å². The van der Waals surface area contributed by atoms with E-state index in [-0.39, 0.29) is 30.3 Å². The highest BCUT2D eigenvalue weighted by molar-refractivity contribution is 6.09. The molecule has 2 saturated heterocycles. The quantitative estimate of drug-likeness (QED) is 0.818. The van der Waals surface area contributed by atoms with E-state index in [2.05, 4.69) is 32.9 Å². The predicted molar refractivity (Wildman–Crippen MR) is 107 cm³/mol. The summed E-state index contributed by atoms with van der Waals surface area (Å²) >= 11 is 0. The van der Waals surface area contributed by atoms with Crippen LogP contribution in [0.2, 0.25) is 0 Å². The maximum Gasteiger partial charge on any atom is 0.239 e. The van der Waals surface area contributed by atoms with E-state index < -0.39 is 5.92 Å². The van der Waals surface area contributed by atoms with Gasteiger partial charge in [-0.05, 0) is 55.8 Å². The van der Waals surface area contributed by atoms with Crippen LogP contribution in [0.15, 0.2) is 24.3 Å². The topological polar surface area (TPSA) is 66.6 Å². The molecule has 3 unspecified atom stereocenters. The van der Waals surface area contributed by atoms with Crippen LogP contribution in [0.3, 0.4) is 0 Å². The van der Waals surface area contributed by atoms with E-state index in [1.807, 2.05) is 17.0 Å². The first-order valence-corrected chi connectivity index (χ1v) is 9.34. The van der Waals surface area contributed by atoms with E-state index in [1.54, 1.807) is 4.90 Å². The minimum atomic E-state index is -0.538. The first-order chi connectivity index (χ1) is 11.9. The number of nitrogens with zero attached hydrogens (tertiary/aromatic N) is 2. The van der Waals surface area contributed by atoms with E-state index in [0.29, 0.717) is 37.9 Å². The van der Waals surface area contributed by atoms with E-state index in [0.717, 1.165) is 12.1 Å². The van der Waals surface area contributed by atoms with Crippen LogP contribution in [0.5, 0.6) is 0 Å². The molecule has 3 atom stereocenters. The zero-order chi connectivity index (χ0) is 18.1. The molecule has 0 spiro atoms. The summed E-state index contributed by atoms with van der Waals surface area (Å²) in [6.07, 6.45) is 1.53. The third-order valence-corrected chi connectivity index (χ3v) is 5.65. The molecule has 6 heteroatoms. The smallest absolute Gasteiger partial charge is 0.239 e. The van der Waals surface area contributed by atoms with Crippen LogP contribution in [0.4, 0.5) is 5.69 Å². The van der Waals surface area contributed by atoms with E-state index in [9.17, 15) is 9.59 Å². The normalized spacial score (nSPS) is 25.7. The highest BCUT2D eigenvalue weighted by Gasteiger charge is 2.43. The fourth-order valence-corrected chi connectivity index (χ4v) is 4.02. The van der Waals surface area contributed by atoms with Crippen LogP contribution in [0.1, 0.15) is 45.1 Å². The Kier molecular flexibility index (Phi) is 6.69. The third-order valence-electron chi connectivity index (χ3n) is 5.65. The van der Waals surface area contributed by atoms with Gasteiger partial charge in [0.25, 0.3) is 0 Å². The largest absolute Gasteiger partial charge is 0.339 e. The molecule has 1 aromatic rings. The molecule has 0 saturated carbocycles. The fraction of sp³-hybridized carbons (Fsp3) is 0.600. The number of benzene rings is 1. The van der Waals surface area contributed by atoms with Crippen molar-refractivity contribution >= 4 is 29.9 Å². The van der Waals surface area contributed by atoms with Gasteiger partial charge < -0.3 is 15.5 Å². The van der Waals surface area contributed by atoms with Crippen LogP contribution in [0.25, 0.3) is 0 Å². The molecule has 144 valence electrons. The van der Waals surface area contributed by atoms with Gasteiger partial charge in [-0.2, -0.15) is 0 Å². The first kappa shape index (κ1) is 20.7. The molecule has 0 aliphatic carbocycles. The van der Waals surface area contributed by atoms with Crippen molar-refractivity contribution in [3.63, 3.8) is 0 Å². The summed E-state index contributed by atoms with van der Waals surface area (Å²) in [5.41, 5.74) is 7.90. The number of carbonyl (C=O) groups excluding carboxylic acids is 2. The Morgan fingerprint density at radius 3 is 2.46 bits per heavy atom. The summed E-state index contributed by atoms with van der Waals surface area (Å²) in [5, 5.41) is 0. The minimum absolute atomic E-state index is 0. The lowest BCUT2D eigenvalue weighted by Gasteiger charge is -2.24. The van der Waals surface area contributed by atoms with Crippen molar-refractivity contribution in [2.45, 2.75) is 45.6 Å². The van der Waals surface area contributed by atoms with Crippen molar-refractivity contribution in [1.82, 2.24) is 4.90 Å². The second kappa shape index (κ2) is 8.40. The second-order valence-corrected chi connectivity index (χ2v) is 7.75. The molecule has 5 nitrogen and oxygen atoms in total. The highest BCUT2D eigenvalue weighted by atomic mass is 35.5. The Bertz CT molecular complexity index is 647. The monoisotopic (exact) mass is 379 g/mol. The van der Waals surface area contributed by atoms with Gasteiger partial charge in [0, 0.05) is 24.8 Å². The Hall–Kier alpha value is -1.59. The van der Waals surface area contributed by atoms with Crippen LogP contribution in [-0.4, -0.2) is 42.4 Å². The Labute approximate surface area is 162 Å². The van der Waals surface area contributed by atoms with E-state index in [1.165, 1.54) is 5.56 Å². The molecule has 0 radical (unpaired) electrons. The number of halogens is 1. The molecule has 0 bridgehead atoms. The van der Waals surface area contributed by atoms with Gasteiger partial charge in [-0.1, -0.05) is 26.0 Å². The van der Waals surface area contributed by atoms with Gasteiger partial charge >= 0.3 is 0 Å². The summed E-state index contributed by atoms with van der Waals surface area (Å²) in [7, 11) is 0. The summed E-state index contributed by atoms with van der Waals surface area (Å²) in [5.74, 6) is 0.198. The lowest BCUT2D eigenvalue weighted by atomic mass is 10.0. The summed E-state index contributed by atoms with van der Waals surface area (Å²) in [4.78, 5) is 29.3. The number of likely N-dealkylation sites (tertiary alicyclic amines) is 1. The van der Waals surface area contributed by atoms with Crippen molar-refractivity contribution in [2.75, 3.05) is 24.5 Å². The molecule has 2 fully saturated rings. The molecule has 0 aromatic heterocycles. The molecule has 2 N–H and O–H groups in total. The zero-order valence-corrected chi connectivity index (χ0v) is 16.7. The zero-order valence-electron chi connectivity index (χ0n) is 15.9. The number of nitrogens with two attached hydrogens (primary N) is 1. The number of hydrogen-bond donors (Lipinski definition) is 1. The molecule has 2 aliphatic rings. The number of amides is 2. The lowest BCUT2D eigenvalue weighted by Crippen LogP contribution is -2.42. The summed E-state index contributed by atoms with van der Waals surface area (Å²) in [6.45, 7) is 8.24. The first-order valence-electron chi connectivity index (χ1n) is 9.34. The third kappa shape index (κ3) is 3.89. The summed E-state index contributed by atoms with van der Waals surface area (Å²) < 4.78 is 0. The molecule has 26 heavy (non-hydrogen) atoms. The van der Waals surface area contributed by atoms with Crippen LogP contribution in [-0.2, 0) is 9.59 Å². The standard InChI is InChI=1S/C20H29N3O2.ClH/c1-13(2)16-4-6-17(7-5-16)22-9-8-18(19(22)24)20(25)23-12-15(11-21)10-14(23)3;/h4-7,13-15,18H,8-12,21H2,1-3H3;1H. The minimum Gasteiger partial charge on any atom is -0.339 e. The van der Waals surface area contributed by atoms with E-state index in [4.69, 9.17) is 5.73 Å². The number of anilines is 1. The maximum atomic E-state index is 12.9. The van der Waals surface area contributed by atoms with E-state index >= 15 is 0 Å². The predicted octanol–water partition coefficient (Wildman–Crippen LogP) is 2.78. The molecule has 2 amide bonds. The molecule has 2 aliphatic heterocycles. The van der Waals surface area contributed by atoms with Crippen molar-refractivity contribution in [3.8, 4) is 0 Å². The molecule has 2 heterocycles. The fourth-order valence-electron chi connectivity index (χ4n) is 4.02. The van der Waals surface area contributed by atoms with Crippen LogP contribution < -0.4 is 10.6 Å². The Balaban J connectivity index is 0.00000243. The number of rotatable bonds is 4. The highest BCUT2D eigenvalue weighted by Crippen LogP contribution is 2.31. The van der Waals surface area contributed by atoms with Gasteiger partial charge in [0.2, 0.25) is 11.8 Å². The molecule has 1 aromatic carbocycles. The van der Waals surface area contributed by atoms with Crippen molar-refractivity contribution in [2.24, 2.45) is 17.6 Å². The van der Waals surface area contributed by atoms with Gasteiger partial charge in [-0.15, -0.1) is 12.4 Å². The van der Waals surface area contributed by atoms with Gasteiger partial charge in [-0.25, -0.2) is 0 Å². The average molecular weight is 380 g/mol. The second-order valence-electron chi connectivity index (χ2n) is 7.75. The van der Waals surface area contributed by atoms with Crippen LogP contribution in [0, 0.1) is 11.8 Å². The average Bonchev–Trinajstić information content (AvgIpc) is 3.17. The van der Waals surface area contributed by atoms with Gasteiger partial charge in [0.15, 0.2) is 0 Å². The Morgan fingerprint density at radius 1 is 1.27 bits per heavy atom. The lowest BCUT2D eigenvalue weighted by molar-refractivity contribution is -0.140. The maximum absolute atomic E-state index is 12.9. The van der Waals surface area contributed by atoms with Gasteiger partial charge in [-0.3, -0.25) is 9.59 Å². The summed E-state index contributed by atoms with van der Waals surface area (Å²) in [6, 6.07) is 8.29. The van der Waals surface area contributed by atoms with Crippen molar-refractivity contribution in [3.05, 3.63) is 29.8 Å². The number of hydrogen-bond acceptors (Lipinski definition) is 3.